The van der Waals surface area contributed by atoms with E-state index in [0.29, 0.717) is 5.92 Å². The largest absolute Gasteiger partial charge is 0.271 e. The Morgan fingerprint density at radius 2 is 2.29 bits per heavy atom. The lowest BCUT2D eigenvalue weighted by Gasteiger charge is -2.19. The zero-order valence-corrected chi connectivity index (χ0v) is 9.07. The molecule has 1 heterocycles. The van der Waals surface area contributed by atoms with E-state index in [1.165, 1.54) is 0 Å². The average molecular weight is 197 g/mol. The van der Waals surface area contributed by atoms with Gasteiger partial charge in [0.05, 0.1) is 17.9 Å². The highest BCUT2D eigenvalue weighted by atomic mass is 15.4. The Balaban J connectivity index is 2.86. The van der Waals surface area contributed by atoms with Crippen molar-refractivity contribution in [2.75, 3.05) is 0 Å². The Hall–Kier alpha value is -0.940. The van der Waals surface area contributed by atoms with Gasteiger partial charge >= 0.3 is 0 Å². The molecule has 0 aromatic carbocycles. The molecule has 0 spiro atoms. The monoisotopic (exact) mass is 197 g/mol. The van der Waals surface area contributed by atoms with E-state index in [9.17, 15) is 0 Å². The van der Waals surface area contributed by atoms with Crippen molar-refractivity contribution in [2.24, 2.45) is 11.8 Å². The molecule has 0 aliphatic carbocycles. The lowest BCUT2D eigenvalue weighted by atomic mass is 10.0. The van der Waals surface area contributed by atoms with Crippen molar-refractivity contribution in [2.45, 2.75) is 39.8 Å². The molecule has 0 fully saturated rings. The summed E-state index contributed by atoms with van der Waals surface area (Å²) in [5.74, 6) is 5.94. The third-order valence-electron chi connectivity index (χ3n) is 2.25. The number of nitrogens with two attached hydrogens (primary N) is 1. The second-order valence-electron chi connectivity index (χ2n) is 3.77. The SMILES string of the molecule is CCCn1nncc1C(NN)C(C)C. The van der Waals surface area contributed by atoms with Crippen LogP contribution in [0.5, 0.6) is 0 Å². The summed E-state index contributed by atoms with van der Waals surface area (Å²) in [4.78, 5) is 0. The van der Waals surface area contributed by atoms with E-state index in [1.54, 1.807) is 6.20 Å². The first-order valence-corrected chi connectivity index (χ1v) is 5.05. The molecule has 5 heteroatoms. The van der Waals surface area contributed by atoms with Crippen LogP contribution in [0.3, 0.4) is 0 Å². The van der Waals surface area contributed by atoms with Crippen LogP contribution in [0.2, 0.25) is 0 Å². The van der Waals surface area contributed by atoms with E-state index in [0.717, 1.165) is 18.7 Å². The van der Waals surface area contributed by atoms with Crippen LogP contribution in [0, 0.1) is 5.92 Å². The van der Waals surface area contributed by atoms with Crippen molar-refractivity contribution < 1.29 is 0 Å². The van der Waals surface area contributed by atoms with Crippen LogP contribution in [0.25, 0.3) is 0 Å². The van der Waals surface area contributed by atoms with Gasteiger partial charge in [-0.25, -0.2) is 4.68 Å². The van der Waals surface area contributed by atoms with Gasteiger partial charge in [-0.15, -0.1) is 5.10 Å². The number of hydrogen-bond donors (Lipinski definition) is 2. The molecular formula is C9H19N5. The molecule has 1 aromatic heterocycles. The number of rotatable bonds is 5. The van der Waals surface area contributed by atoms with Crippen molar-refractivity contribution in [1.29, 1.82) is 0 Å². The highest BCUT2D eigenvalue weighted by Gasteiger charge is 2.18. The summed E-state index contributed by atoms with van der Waals surface area (Å²) < 4.78 is 1.91. The number of hydrogen-bond acceptors (Lipinski definition) is 4. The first-order valence-electron chi connectivity index (χ1n) is 5.05. The maximum absolute atomic E-state index is 5.51. The van der Waals surface area contributed by atoms with Crippen LogP contribution in [0.4, 0.5) is 0 Å². The third kappa shape index (κ3) is 2.30. The molecule has 1 aromatic rings. The smallest absolute Gasteiger partial charge is 0.0772 e. The number of hydrazine groups is 1. The van der Waals surface area contributed by atoms with Gasteiger partial charge in [-0.3, -0.25) is 11.3 Å². The van der Waals surface area contributed by atoms with Crippen LogP contribution >= 0.6 is 0 Å². The Bertz CT molecular complexity index is 268. The standard InChI is InChI=1S/C9H19N5/c1-4-5-14-8(6-11-13-14)9(12-10)7(2)3/h6-7,9,12H,4-5,10H2,1-3H3. The van der Waals surface area contributed by atoms with Crippen LogP contribution in [-0.2, 0) is 6.54 Å². The third-order valence-corrected chi connectivity index (χ3v) is 2.25. The minimum atomic E-state index is 0.122. The molecule has 1 rings (SSSR count). The van der Waals surface area contributed by atoms with Crippen molar-refractivity contribution in [1.82, 2.24) is 20.4 Å². The van der Waals surface area contributed by atoms with E-state index in [1.807, 2.05) is 4.68 Å². The molecule has 0 aliphatic heterocycles. The van der Waals surface area contributed by atoms with Gasteiger partial charge in [-0.05, 0) is 12.3 Å². The Kier molecular flexibility index (Phi) is 4.03. The fraction of sp³-hybridized carbons (Fsp3) is 0.778. The summed E-state index contributed by atoms with van der Waals surface area (Å²) in [6, 6.07) is 0.122. The summed E-state index contributed by atoms with van der Waals surface area (Å²) >= 11 is 0. The van der Waals surface area contributed by atoms with Crippen molar-refractivity contribution in [3.05, 3.63) is 11.9 Å². The van der Waals surface area contributed by atoms with E-state index >= 15 is 0 Å². The summed E-state index contributed by atoms with van der Waals surface area (Å²) in [5, 5.41) is 7.94. The number of aromatic nitrogens is 3. The zero-order valence-electron chi connectivity index (χ0n) is 9.07. The van der Waals surface area contributed by atoms with Crippen LogP contribution in [-0.4, -0.2) is 15.0 Å². The first kappa shape index (κ1) is 11.1. The molecule has 5 nitrogen and oxygen atoms in total. The molecule has 1 unspecified atom stereocenters. The highest BCUT2D eigenvalue weighted by molar-refractivity contribution is 5.02. The topological polar surface area (TPSA) is 68.8 Å². The maximum atomic E-state index is 5.51. The number of aryl methyl sites for hydroxylation is 1. The van der Waals surface area contributed by atoms with Gasteiger partial charge < -0.3 is 0 Å². The molecule has 0 saturated carbocycles. The van der Waals surface area contributed by atoms with Gasteiger partial charge in [0.25, 0.3) is 0 Å². The summed E-state index contributed by atoms with van der Waals surface area (Å²) in [6.07, 6.45) is 2.83. The Morgan fingerprint density at radius 1 is 1.57 bits per heavy atom. The Labute approximate surface area is 84.6 Å². The van der Waals surface area contributed by atoms with Gasteiger partial charge in [-0.1, -0.05) is 26.0 Å². The van der Waals surface area contributed by atoms with Gasteiger partial charge in [0.1, 0.15) is 0 Å². The fourth-order valence-electron chi connectivity index (χ4n) is 1.51. The molecule has 0 amide bonds. The van der Waals surface area contributed by atoms with E-state index in [-0.39, 0.29) is 6.04 Å². The highest BCUT2D eigenvalue weighted by Crippen LogP contribution is 2.19. The molecule has 0 radical (unpaired) electrons. The number of nitrogens with one attached hydrogen (secondary N) is 1. The van der Waals surface area contributed by atoms with Gasteiger partial charge in [0.15, 0.2) is 0 Å². The van der Waals surface area contributed by atoms with Crippen molar-refractivity contribution >= 4 is 0 Å². The van der Waals surface area contributed by atoms with Crippen LogP contribution < -0.4 is 11.3 Å². The Morgan fingerprint density at radius 3 is 2.79 bits per heavy atom. The number of nitrogens with zero attached hydrogens (tertiary/aromatic N) is 3. The predicted molar refractivity (Wildman–Crippen MR) is 55.2 cm³/mol. The quantitative estimate of drug-likeness (QED) is 0.542. The van der Waals surface area contributed by atoms with Gasteiger partial charge in [0.2, 0.25) is 0 Å². The average Bonchev–Trinajstić information content (AvgIpc) is 2.55. The van der Waals surface area contributed by atoms with Gasteiger partial charge in [0, 0.05) is 6.54 Å². The van der Waals surface area contributed by atoms with Crippen LogP contribution in [0.15, 0.2) is 6.20 Å². The summed E-state index contributed by atoms with van der Waals surface area (Å²) in [5.41, 5.74) is 3.86. The summed E-state index contributed by atoms with van der Waals surface area (Å²) in [7, 11) is 0. The van der Waals surface area contributed by atoms with Crippen LogP contribution in [0.1, 0.15) is 38.9 Å². The molecule has 0 aliphatic rings. The van der Waals surface area contributed by atoms with Crippen molar-refractivity contribution in [3.63, 3.8) is 0 Å². The molecule has 3 N–H and O–H groups in total. The molecule has 0 bridgehead atoms. The molecular weight excluding hydrogens is 178 g/mol. The lowest BCUT2D eigenvalue weighted by molar-refractivity contribution is 0.386. The van der Waals surface area contributed by atoms with E-state index in [4.69, 9.17) is 5.84 Å². The maximum Gasteiger partial charge on any atom is 0.0772 e. The van der Waals surface area contributed by atoms with Crippen molar-refractivity contribution in [3.8, 4) is 0 Å². The molecule has 80 valence electrons. The van der Waals surface area contributed by atoms with Gasteiger partial charge in [-0.2, -0.15) is 0 Å². The second kappa shape index (κ2) is 5.07. The minimum Gasteiger partial charge on any atom is -0.271 e. The zero-order chi connectivity index (χ0) is 10.6. The predicted octanol–water partition coefficient (Wildman–Crippen LogP) is 0.848. The van der Waals surface area contributed by atoms with E-state index in [2.05, 4.69) is 36.5 Å². The fourth-order valence-corrected chi connectivity index (χ4v) is 1.51. The molecule has 14 heavy (non-hydrogen) atoms. The summed E-state index contributed by atoms with van der Waals surface area (Å²) in [6.45, 7) is 7.24. The molecule has 0 saturated heterocycles. The minimum absolute atomic E-state index is 0.122. The molecule has 1 atom stereocenters. The lowest BCUT2D eigenvalue weighted by Crippen LogP contribution is -2.33. The normalized spacial score (nSPS) is 13.5. The second-order valence-corrected chi connectivity index (χ2v) is 3.77. The van der Waals surface area contributed by atoms with E-state index < -0.39 is 0 Å². The first-order chi connectivity index (χ1) is 6.70.